The van der Waals surface area contributed by atoms with Crippen molar-refractivity contribution in [3.63, 3.8) is 0 Å². The van der Waals surface area contributed by atoms with E-state index in [1.54, 1.807) is 6.07 Å². The molecule has 1 aromatic heterocycles. The van der Waals surface area contributed by atoms with Gasteiger partial charge in [-0.05, 0) is 41.5 Å². The lowest BCUT2D eigenvalue weighted by Crippen LogP contribution is -2.36. The summed E-state index contributed by atoms with van der Waals surface area (Å²) in [6.45, 7) is 0.931. The van der Waals surface area contributed by atoms with E-state index >= 15 is 0 Å². The van der Waals surface area contributed by atoms with Crippen LogP contribution < -0.4 is 10.6 Å². The van der Waals surface area contributed by atoms with E-state index in [0.29, 0.717) is 18.1 Å². The van der Waals surface area contributed by atoms with Gasteiger partial charge in [0.25, 0.3) is 5.91 Å². The molecule has 1 heterocycles. The van der Waals surface area contributed by atoms with Gasteiger partial charge in [0.15, 0.2) is 0 Å². The van der Waals surface area contributed by atoms with Crippen LogP contribution in [0.3, 0.4) is 0 Å². The number of rotatable bonds is 7. The average molecular weight is 467 g/mol. The van der Waals surface area contributed by atoms with Crippen molar-refractivity contribution in [3.05, 3.63) is 99.8 Å². The molecular weight excluding hydrogens is 447 g/mol. The quantitative estimate of drug-likeness (QED) is 0.422. The van der Waals surface area contributed by atoms with Gasteiger partial charge in [-0.25, -0.2) is 4.98 Å². The van der Waals surface area contributed by atoms with Crippen LogP contribution in [0, 0.1) is 0 Å². The van der Waals surface area contributed by atoms with Crippen molar-refractivity contribution in [2.45, 2.75) is 13.1 Å². The summed E-state index contributed by atoms with van der Waals surface area (Å²) in [5.74, 6) is -0.726. The highest BCUT2D eigenvalue weighted by Gasteiger charge is 2.12. The molecule has 0 fully saturated rings. The number of carbonyl (C=O) groups is 2. The third-order valence-electron chi connectivity index (χ3n) is 4.98. The minimum absolute atomic E-state index is 0.149. The number of aromatic nitrogens is 2. The zero-order valence-corrected chi connectivity index (χ0v) is 18.5. The van der Waals surface area contributed by atoms with Crippen LogP contribution in [0.1, 0.15) is 21.5 Å². The molecule has 8 heteroatoms. The van der Waals surface area contributed by atoms with Gasteiger partial charge in [-0.1, -0.05) is 59.6 Å². The molecule has 32 heavy (non-hydrogen) atoms. The van der Waals surface area contributed by atoms with Gasteiger partial charge in [0.2, 0.25) is 5.91 Å². The molecule has 3 aromatic carbocycles. The zero-order valence-electron chi connectivity index (χ0n) is 17.0. The molecule has 162 valence electrons. The van der Waals surface area contributed by atoms with Crippen molar-refractivity contribution in [1.29, 1.82) is 0 Å². The van der Waals surface area contributed by atoms with E-state index in [-0.39, 0.29) is 23.0 Å². The smallest absolute Gasteiger partial charge is 0.253 e. The van der Waals surface area contributed by atoms with E-state index in [1.165, 1.54) is 12.1 Å². The number of nitrogens with one attached hydrogen (secondary N) is 2. The van der Waals surface area contributed by atoms with E-state index < -0.39 is 5.91 Å². The Bertz CT molecular complexity index is 1270. The number of hydrogen-bond donors (Lipinski definition) is 2. The van der Waals surface area contributed by atoms with Gasteiger partial charge < -0.3 is 15.2 Å². The molecule has 6 nitrogen and oxygen atoms in total. The van der Waals surface area contributed by atoms with Crippen molar-refractivity contribution in [3.8, 4) is 0 Å². The van der Waals surface area contributed by atoms with Crippen LogP contribution in [0.15, 0.2) is 73.1 Å². The van der Waals surface area contributed by atoms with Crippen LogP contribution in [0.5, 0.6) is 0 Å². The molecule has 4 rings (SSSR count). The van der Waals surface area contributed by atoms with Gasteiger partial charge in [0.05, 0.1) is 34.5 Å². The molecule has 0 saturated heterocycles. The number of hydrogen-bond acceptors (Lipinski definition) is 3. The predicted octanol–water partition coefficient (Wildman–Crippen LogP) is 4.44. The fourth-order valence-corrected chi connectivity index (χ4v) is 3.78. The number of benzene rings is 3. The first-order chi connectivity index (χ1) is 15.5. The van der Waals surface area contributed by atoms with Crippen molar-refractivity contribution in [1.82, 2.24) is 20.2 Å². The summed E-state index contributed by atoms with van der Waals surface area (Å²) in [5, 5.41) is 6.03. The highest BCUT2D eigenvalue weighted by Crippen LogP contribution is 2.20. The van der Waals surface area contributed by atoms with Crippen LogP contribution in [0.4, 0.5) is 0 Å². The monoisotopic (exact) mass is 466 g/mol. The van der Waals surface area contributed by atoms with E-state index in [9.17, 15) is 9.59 Å². The highest BCUT2D eigenvalue weighted by atomic mass is 35.5. The van der Waals surface area contributed by atoms with Gasteiger partial charge in [-0.15, -0.1) is 0 Å². The van der Waals surface area contributed by atoms with Crippen LogP contribution in [-0.4, -0.2) is 27.9 Å². The number of nitrogens with zero attached hydrogens (tertiary/aromatic N) is 2. The number of carbonyl (C=O) groups excluding carboxylic acids is 2. The summed E-state index contributed by atoms with van der Waals surface area (Å²) in [7, 11) is 0. The van der Waals surface area contributed by atoms with Gasteiger partial charge in [-0.3, -0.25) is 9.59 Å². The van der Waals surface area contributed by atoms with Gasteiger partial charge in [0, 0.05) is 18.1 Å². The molecule has 0 aliphatic carbocycles. The van der Waals surface area contributed by atoms with Crippen LogP contribution in [0.2, 0.25) is 10.0 Å². The van der Waals surface area contributed by atoms with E-state index in [0.717, 1.165) is 22.2 Å². The lowest BCUT2D eigenvalue weighted by molar-refractivity contribution is -0.120. The predicted molar refractivity (Wildman–Crippen MR) is 126 cm³/mol. The first-order valence-electron chi connectivity index (χ1n) is 9.97. The van der Waals surface area contributed by atoms with Crippen LogP contribution >= 0.6 is 23.2 Å². The fourth-order valence-electron chi connectivity index (χ4n) is 3.29. The van der Waals surface area contributed by atoms with Crippen LogP contribution in [-0.2, 0) is 17.9 Å². The average Bonchev–Trinajstić information content (AvgIpc) is 3.20. The Morgan fingerprint density at radius 2 is 1.66 bits per heavy atom. The Hall–Kier alpha value is -3.35. The summed E-state index contributed by atoms with van der Waals surface area (Å²) in [4.78, 5) is 28.7. The fraction of sp³-hybridized carbons (Fsp3) is 0.125. The lowest BCUT2D eigenvalue weighted by Gasteiger charge is -2.09. The summed E-state index contributed by atoms with van der Waals surface area (Å²) in [5.41, 5.74) is 4.42. The van der Waals surface area contributed by atoms with E-state index in [1.807, 2.05) is 54.9 Å². The van der Waals surface area contributed by atoms with Gasteiger partial charge >= 0.3 is 0 Å². The number of para-hydroxylation sites is 2. The summed E-state index contributed by atoms with van der Waals surface area (Å²) >= 11 is 11.8. The summed E-state index contributed by atoms with van der Waals surface area (Å²) < 4.78 is 2.10. The zero-order chi connectivity index (χ0) is 22.5. The molecule has 0 atom stereocenters. The molecule has 0 bridgehead atoms. The molecule has 2 N–H and O–H groups in total. The van der Waals surface area contributed by atoms with E-state index in [4.69, 9.17) is 23.2 Å². The number of amides is 2. The van der Waals surface area contributed by atoms with Crippen molar-refractivity contribution < 1.29 is 9.59 Å². The third kappa shape index (κ3) is 5.28. The minimum Gasteiger partial charge on any atom is -0.350 e. The topological polar surface area (TPSA) is 76.0 Å². The maximum atomic E-state index is 12.2. The number of fused-ring (bicyclic) bond motifs is 1. The Morgan fingerprint density at radius 3 is 2.44 bits per heavy atom. The molecule has 0 spiro atoms. The molecule has 0 aliphatic heterocycles. The second kappa shape index (κ2) is 9.85. The molecule has 0 saturated carbocycles. The van der Waals surface area contributed by atoms with Crippen molar-refractivity contribution in [2.24, 2.45) is 0 Å². The normalized spacial score (nSPS) is 10.8. The third-order valence-corrected chi connectivity index (χ3v) is 5.53. The molecule has 0 aliphatic rings. The minimum atomic E-state index is -0.432. The van der Waals surface area contributed by atoms with Gasteiger partial charge in [-0.2, -0.15) is 0 Å². The first kappa shape index (κ1) is 21.9. The molecule has 0 unspecified atom stereocenters. The summed E-state index contributed by atoms with van der Waals surface area (Å²) in [6, 6.07) is 20.6. The lowest BCUT2D eigenvalue weighted by atomic mass is 10.1. The molecule has 4 aromatic rings. The molecule has 2 amide bonds. The Kier molecular flexibility index (Phi) is 6.73. The second-order valence-corrected chi connectivity index (χ2v) is 8.10. The Labute approximate surface area is 195 Å². The number of imidazole rings is 1. The largest absolute Gasteiger partial charge is 0.350 e. The number of halogens is 2. The highest BCUT2D eigenvalue weighted by molar-refractivity contribution is 6.36. The maximum Gasteiger partial charge on any atom is 0.253 e. The summed E-state index contributed by atoms with van der Waals surface area (Å²) in [6.07, 6.45) is 1.84. The van der Waals surface area contributed by atoms with E-state index in [2.05, 4.69) is 20.2 Å². The van der Waals surface area contributed by atoms with Crippen molar-refractivity contribution in [2.75, 3.05) is 6.54 Å². The molecular formula is C24H20Cl2N4O2. The second-order valence-electron chi connectivity index (χ2n) is 7.26. The Balaban J connectivity index is 1.26. The SMILES string of the molecule is O=C(CNC(=O)c1ccc(Cl)cc1Cl)NCc1ccc(Cn2cnc3ccccc32)cc1. The first-order valence-corrected chi connectivity index (χ1v) is 10.7. The van der Waals surface area contributed by atoms with Crippen molar-refractivity contribution >= 4 is 46.0 Å². The maximum absolute atomic E-state index is 12.2. The van der Waals surface area contributed by atoms with Crippen LogP contribution in [0.25, 0.3) is 11.0 Å². The Morgan fingerprint density at radius 1 is 0.906 bits per heavy atom. The standard InChI is InChI=1S/C24H20Cl2N4O2/c25-18-9-10-19(20(26)11-18)24(32)28-13-23(31)27-12-16-5-7-17(8-6-16)14-30-15-29-21-3-1-2-4-22(21)30/h1-11,15H,12-14H2,(H,27,31)(H,28,32). The van der Waals surface area contributed by atoms with Gasteiger partial charge in [0.1, 0.15) is 0 Å². The molecule has 0 radical (unpaired) electrons.